The molecule has 0 aromatic heterocycles. The van der Waals surface area contributed by atoms with E-state index in [1.54, 1.807) is 18.2 Å². The van der Waals surface area contributed by atoms with Crippen LogP contribution in [0.2, 0.25) is 0 Å². The van der Waals surface area contributed by atoms with E-state index in [0.717, 1.165) is 16.7 Å². The van der Waals surface area contributed by atoms with Crippen LogP contribution in [-0.2, 0) is 0 Å². The molecule has 1 aliphatic carbocycles. The first-order valence-electron chi connectivity index (χ1n) is 5.04. The van der Waals surface area contributed by atoms with Crippen LogP contribution in [0.15, 0.2) is 36.4 Å². The van der Waals surface area contributed by atoms with Crippen LogP contribution >= 0.6 is 0 Å². The first-order valence-corrected chi connectivity index (χ1v) is 5.04. The van der Waals surface area contributed by atoms with Crippen LogP contribution < -0.4 is 5.73 Å². The number of aliphatic hydroxyl groups excluding tert-OH is 1. The predicted molar refractivity (Wildman–Crippen MR) is 60.3 cm³/mol. The highest BCUT2D eigenvalue weighted by atomic mass is 19.1. The van der Waals surface area contributed by atoms with E-state index in [0.29, 0.717) is 11.3 Å². The summed E-state index contributed by atoms with van der Waals surface area (Å²) in [4.78, 5) is 0. The molecule has 16 heavy (non-hydrogen) atoms. The lowest BCUT2D eigenvalue weighted by molar-refractivity contribution is 0.225. The van der Waals surface area contributed by atoms with E-state index >= 15 is 0 Å². The number of anilines is 1. The van der Waals surface area contributed by atoms with Crippen LogP contribution in [0.25, 0.3) is 11.1 Å². The number of fused-ring (bicyclic) bond motifs is 3. The van der Waals surface area contributed by atoms with Crippen molar-refractivity contribution in [1.82, 2.24) is 0 Å². The molecule has 0 saturated heterocycles. The van der Waals surface area contributed by atoms with Gasteiger partial charge >= 0.3 is 0 Å². The Kier molecular flexibility index (Phi) is 1.79. The maximum Gasteiger partial charge on any atom is 0.123 e. The van der Waals surface area contributed by atoms with Gasteiger partial charge in [-0.15, -0.1) is 0 Å². The van der Waals surface area contributed by atoms with Crippen molar-refractivity contribution in [3.63, 3.8) is 0 Å². The number of benzene rings is 2. The second-order valence-electron chi connectivity index (χ2n) is 3.98. The third-order valence-electron chi connectivity index (χ3n) is 2.97. The first kappa shape index (κ1) is 9.36. The summed E-state index contributed by atoms with van der Waals surface area (Å²) in [5.41, 5.74) is 9.44. The molecule has 0 bridgehead atoms. The molecule has 1 unspecified atom stereocenters. The molecule has 1 atom stereocenters. The summed E-state index contributed by atoms with van der Waals surface area (Å²) in [6.07, 6.45) is -0.774. The smallest absolute Gasteiger partial charge is 0.123 e. The highest BCUT2D eigenvalue weighted by molar-refractivity contribution is 5.79. The molecule has 3 N–H and O–H groups in total. The van der Waals surface area contributed by atoms with Gasteiger partial charge in [0.05, 0.1) is 0 Å². The molecule has 2 nitrogen and oxygen atoms in total. The van der Waals surface area contributed by atoms with Gasteiger partial charge in [0.1, 0.15) is 11.9 Å². The molecule has 0 amide bonds. The van der Waals surface area contributed by atoms with Crippen LogP contribution in [0.5, 0.6) is 0 Å². The number of hydrogen-bond donors (Lipinski definition) is 2. The standard InChI is InChI=1S/C13H10FNO/c14-7-1-3-9-10-4-2-8(15)6-12(10)13(16)11(9)5-7/h1-6,13,16H,15H2. The Balaban J connectivity index is 2.30. The van der Waals surface area contributed by atoms with Crippen molar-refractivity contribution in [1.29, 1.82) is 0 Å². The molecular formula is C13H10FNO. The van der Waals surface area contributed by atoms with Crippen molar-refractivity contribution >= 4 is 5.69 Å². The molecule has 0 fully saturated rings. The number of aliphatic hydroxyl groups is 1. The second kappa shape index (κ2) is 3.06. The highest BCUT2D eigenvalue weighted by Crippen LogP contribution is 2.44. The Morgan fingerprint density at radius 2 is 1.62 bits per heavy atom. The average Bonchev–Trinajstić information content (AvgIpc) is 2.53. The zero-order chi connectivity index (χ0) is 11.3. The van der Waals surface area contributed by atoms with Gasteiger partial charge in [-0.1, -0.05) is 12.1 Å². The molecule has 0 radical (unpaired) electrons. The summed E-state index contributed by atoms with van der Waals surface area (Å²) in [7, 11) is 0. The van der Waals surface area contributed by atoms with E-state index in [1.165, 1.54) is 12.1 Å². The number of nitrogens with two attached hydrogens (primary N) is 1. The highest BCUT2D eigenvalue weighted by Gasteiger charge is 2.27. The summed E-state index contributed by atoms with van der Waals surface area (Å²) >= 11 is 0. The van der Waals surface area contributed by atoms with Gasteiger partial charge in [-0.3, -0.25) is 0 Å². The van der Waals surface area contributed by atoms with Gasteiger partial charge in [0.25, 0.3) is 0 Å². The number of halogens is 1. The minimum atomic E-state index is -0.774. The molecule has 2 aromatic rings. The first-order chi connectivity index (χ1) is 7.66. The molecule has 2 aromatic carbocycles. The molecule has 3 heteroatoms. The molecule has 0 aliphatic heterocycles. The van der Waals surface area contributed by atoms with Crippen molar-refractivity contribution in [3.05, 3.63) is 53.3 Å². The lowest BCUT2D eigenvalue weighted by atomic mass is 10.1. The van der Waals surface area contributed by atoms with Gasteiger partial charge in [0, 0.05) is 5.69 Å². The third-order valence-corrected chi connectivity index (χ3v) is 2.97. The van der Waals surface area contributed by atoms with Crippen molar-refractivity contribution in [3.8, 4) is 11.1 Å². The van der Waals surface area contributed by atoms with Crippen LogP contribution in [0.3, 0.4) is 0 Å². The van der Waals surface area contributed by atoms with Gasteiger partial charge in [0.2, 0.25) is 0 Å². The van der Waals surface area contributed by atoms with Crippen molar-refractivity contribution in [2.75, 3.05) is 5.73 Å². The molecule has 0 heterocycles. The minimum absolute atomic E-state index is 0.335. The maximum absolute atomic E-state index is 13.1. The Labute approximate surface area is 92.1 Å². The van der Waals surface area contributed by atoms with E-state index in [2.05, 4.69) is 0 Å². The Hall–Kier alpha value is -1.87. The van der Waals surface area contributed by atoms with Crippen LogP contribution in [0.1, 0.15) is 17.2 Å². The minimum Gasteiger partial charge on any atom is -0.399 e. The van der Waals surface area contributed by atoms with Gasteiger partial charge in [0.15, 0.2) is 0 Å². The number of hydrogen-bond acceptors (Lipinski definition) is 2. The topological polar surface area (TPSA) is 46.2 Å². The van der Waals surface area contributed by atoms with E-state index in [9.17, 15) is 9.50 Å². The average molecular weight is 215 g/mol. The second-order valence-corrected chi connectivity index (χ2v) is 3.98. The van der Waals surface area contributed by atoms with E-state index in [4.69, 9.17) is 5.73 Å². The van der Waals surface area contributed by atoms with Gasteiger partial charge in [-0.25, -0.2) is 4.39 Å². The summed E-state index contributed by atoms with van der Waals surface area (Å²) < 4.78 is 13.1. The van der Waals surface area contributed by atoms with Gasteiger partial charge in [-0.2, -0.15) is 0 Å². The zero-order valence-corrected chi connectivity index (χ0v) is 8.44. The van der Waals surface area contributed by atoms with E-state index in [1.807, 2.05) is 6.07 Å². The lowest BCUT2D eigenvalue weighted by Gasteiger charge is -2.05. The Morgan fingerprint density at radius 3 is 2.38 bits per heavy atom. The molecule has 3 rings (SSSR count). The van der Waals surface area contributed by atoms with Crippen molar-refractivity contribution in [2.45, 2.75) is 6.10 Å². The van der Waals surface area contributed by atoms with Gasteiger partial charge in [-0.05, 0) is 46.5 Å². The summed E-state index contributed by atoms with van der Waals surface area (Å²) in [5, 5.41) is 10.1. The van der Waals surface area contributed by atoms with Crippen LogP contribution in [-0.4, -0.2) is 5.11 Å². The van der Waals surface area contributed by atoms with Crippen molar-refractivity contribution in [2.24, 2.45) is 0 Å². The number of rotatable bonds is 0. The Bertz CT molecular complexity index is 529. The normalized spacial score (nSPS) is 17.0. The Morgan fingerprint density at radius 1 is 1.00 bits per heavy atom. The fourth-order valence-electron chi connectivity index (χ4n) is 2.23. The fraction of sp³-hybridized carbons (Fsp3) is 0.0769. The van der Waals surface area contributed by atoms with Crippen LogP contribution in [0, 0.1) is 5.82 Å². The van der Waals surface area contributed by atoms with Gasteiger partial charge < -0.3 is 10.8 Å². The molecule has 0 spiro atoms. The largest absolute Gasteiger partial charge is 0.399 e. The third kappa shape index (κ3) is 1.15. The predicted octanol–water partition coefficient (Wildman–Crippen LogP) is 2.47. The molecular weight excluding hydrogens is 205 g/mol. The van der Waals surface area contributed by atoms with E-state index < -0.39 is 6.10 Å². The molecule has 80 valence electrons. The number of nitrogen functional groups attached to an aromatic ring is 1. The monoisotopic (exact) mass is 215 g/mol. The zero-order valence-electron chi connectivity index (χ0n) is 8.44. The maximum atomic E-state index is 13.1. The fourth-order valence-corrected chi connectivity index (χ4v) is 2.23. The summed E-state index contributed by atoms with van der Waals surface area (Å²) in [5.74, 6) is -0.335. The van der Waals surface area contributed by atoms with Crippen molar-refractivity contribution < 1.29 is 9.50 Å². The SMILES string of the molecule is Nc1ccc2c(c1)C(O)c1cc(F)ccc1-2. The lowest BCUT2D eigenvalue weighted by Crippen LogP contribution is -1.95. The quantitative estimate of drug-likeness (QED) is 0.663. The molecule has 1 aliphatic rings. The van der Waals surface area contributed by atoms with Crippen LogP contribution in [0.4, 0.5) is 10.1 Å². The summed E-state index contributed by atoms with van der Waals surface area (Å²) in [6.45, 7) is 0. The summed E-state index contributed by atoms with van der Waals surface area (Å²) in [6, 6.07) is 9.84. The molecule has 0 saturated carbocycles. The van der Waals surface area contributed by atoms with E-state index in [-0.39, 0.29) is 5.82 Å².